The van der Waals surface area contributed by atoms with E-state index in [1.165, 1.54) is 48.4 Å². The number of rotatable bonds is 6. The van der Waals surface area contributed by atoms with Crippen LogP contribution in [0, 0.1) is 22.7 Å². The largest absolute Gasteiger partial charge is 0.507 e. The topological polar surface area (TPSA) is 40.5 Å². The molecule has 0 saturated heterocycles. The molecule has 194 valence electrons. The number of phenols is 2. The molecule has 1 saturated carbocycles. The Morgan fingerprint density at radius 3 is 2.08 bits per heavy atom. The first-order valence-electron chi connectivity index (χ1n) is 13.4. The van der Waals surface area contributed by atoms with E-state index in [9.17, 15) is 10.2 Å². The van der Waals surface area contributed by atoms with Crippen LogP contribution in [0.15, 0.2) is 98.0 Å². The molecule has 0 unspecified atom stereocenters. The zero-order valence-corrected chi connectivity index (χ0v) is 24.0. The van der Waals surface area contributed by atoms with E-state index in [0.29, 0.717) is 22.5 Å². The van der Waals surface area contributed by atoms with Gasteiger partial charge in [0.05, 0.1) is 9.79 Å². The van der Waals surface area contributed by atoms with Gasteiger partial charge in [-0.3, -0.25) is 0 Å². The van der Waals surface area contributed by atoms with Crippen LogP contribution in [-0.2, 0) is 6.42 Å². The molecule has 37 heavy (non-hydrogen) atoms. The van der Waals surface area contributed by atoms with Crippen LogP contribution < -0.4 is 0 Å². The molecule has 4 atom stereocenters. The van der Waals surface area contributed by atoms with E-state index in [4.69, 9.17) is 0 Å². The average Bonchev–Trinajstić information content (AvgIpc) is 2.89. The van der Waals surface area contributed by atoms with E-state index in [1.54, 1.807) is 0 Å². The molecule has 0 bridgehead atoms. The summed E-state index contributed by atoms with van der Waals surface area (Å²) < 4.78 is 0. The van der Waals surface area contributed by atoms with Gasteiger partial charge in [0.1, 0.15) is 11.5 Å². The quantitative estimate of drug-likeness (QED) is 0.246. The van der Waals surface area contributed by atoms with E-state index in [-0.39, 0.29) is 16.6 Å². The SMILES string of the molecule is CC1=CCC[C@H]2[C@](C)(Cc3cc(O)c(Sc4ccccc4)c(Sc4ccccc4)c3O)[C@@H](C)CC[C@]12C. The Labute approximate surface area is 230 Å². The Morgan fingerprint density at radius 1 is 0.865 bits per heavy atom. The third-order valence-electron chi connectivity index (χ3n) is 9.36. The second-order valence-corrected chi connectivity index (χ2v) is 13.6. The minimum Gasteiger partial charge on any atom is -0.507 e. The van der Waals surface area contributed by atoms with Gasteiger partial charge in [0, 0.05) is 9.79 Å². The Balaban J connectivity index is 1.58. The van der Waals surface area contributed by atoms with Crippen molar-refractivity contribution in [3.63, 3.8) is 0 Å². The lowest BCUT2D eigenvalue weighted by Crippen LogP contribution is -2.50. The highest BCUT2D eigenvalue weighted by molar-refractivity contribution is 8.02. The molecular formula is C33H38O2S2. The monoisotopic (exact) mass is 530 g/mol. The molecule has 2 N–H and O–H groups in total. The Morgan fingerprint density at radius 2 is 1.46 bits per heavy atom. The molecular weight excluding hydrogens is 492 g/mol. The fourth-order valence-corrected chi connectivity index (χ4v) is 8.91. The van der Waals surface area contributed by atoms with Gasteiger partial charge >= 0.3 is 0 Å². The highest BCUT2D eigenvalue weighted by Gasteiger charge is 2.53. The van der Waals surface area contributed by atoms with Crippen molar-refractivity contribution in [1.29, 1.82) is 0 Å². The normalized spacial score (nSPS) is 27.4. The van der Waals surface area contributed by atoms with Crippen molar-refractivity contribution in [3.05, 3.63) is 83.9 Å². The third-order valence-corrected chi connectivity index (χ3v) is 11.7. The van der Waals surface area contributed by atoms with Crippen LogP contribution in [0.2, 0.25) is 0 Å². The molecule has 1 fully saturated rings. The maximum Gasteiger partial charge on any atom is 0.134 e. The molecule has 2 aliphatic rings. The van der Waals surface area contributed by atoms with Crippen molar-refractivity contribution in [2.45, 2.75) is 79.4 Å². The number of hydrogen-bond acceptors (Lipinski definition) is 4. The zero-order chi connectivity index (χ0) is 26.2. The van der Waals surface area contributed by atoms with E-state index < -0.39 is 0 Å². The van der Waals surface area contributed by atoms with Crippen molar-refractivity contribution < 1.29 is 10.2 Å². The van der Waals surface area contributed by atoms with E-state index in [1.807, 2.05) is 54.6 Å². The van der Waals surface area contributed by atoms with Crippen LogP contribution in [0.5, 0.6) is 11.5 Å². The van der Waals surface area contributed by atoms with Gasteiger partial charge in [-0.05, 0) is 97.6 Å². The van der Waals surface area contributed by atoms with Crippen LogP contribution >= 0.6 is 23.5 Å². The summed E-state index contributed by atoms with van der Waals surface area (Å²) in [6.07, 6.45) is 7.95. The molecule has 3 aromatic carbocycles. The Bertz CT molecular complexity index is 1290. The molecule has 0 radical (unpaired) electrons. The van der Waals surface area contributed by atoms with E-state index >= 15 is 0 Å². The van der Waals surface area contributed by atoms with Gasteiger partial charge in [-0.2, -0.15) is 0 Å². The second-order valence-electron chi connectivity index (χ2n) is 11.4. The summed E-state index contributed by atoms with van der Waals surface area (Å²) in [5.41, 5.74) is 2.64. The Kier molecular flexibility index (Phi) is 7.44. The van der Waals surface area contributed by atoms with E-state index in [0.717, 1.165) is 33.1 Å². The van der Waals surface area contributed by atoms with Crippen LogP contribution in [0.1, 0.15) is 58.9 Å². The van der Waals surface area contributed by atoms with Gasteiger partial charge in [0.15, 0.2) is 0 Å². The number of allylic oxidation sites excluding steroid dienone is 2. The van der Waals surface area contributed by atoms with Crippen molar-refractivity contribution in [2.24, 2.45) is 22.7 Å². The summed E-state index contributed by atoms with van der Waals surface area (Å²) in [7, 11) is 0. The number of phenolic OH excluding ortho intramolecular Hbond substituents is 2. The molecule has 4 heteroatoms. The number of benzene rings is 3. The zero-order valence-electron chi connectivity index (χ0n) is 22.3. The lowest BCUT2D eigenvalue weighted by molar-refractivity contribution is -0.0412. The smallest absolute Gasteiger partial charge is 0.134 e. The van der Waals surface area contributed by atoms with E-state index in [2.05, 4.69) is 45.9 Å². The molecule has 0 spiro atoms. The summed E-state index contributed by atoms with van der Waals surface area (Å²) >= 11 is 3.04. The number of aromatic hydroxyl groups is 2. The van der Waals surface area contributed by atoms with Crippen molar-refractivity contribution in [1.82, 2.24) is 0 Å². The highest BCUT2D eigenvalue weighted by atomic mass is 32.2. The fourth-order valence-electron chi connectivity index (χ4n) is 6.83. The maximum atomic E-state index is 11.8. The van der Waals surface area contributed by atoms with Crippen LogP contribution in [0.4, 0.5) is 0 Å². The maximum absolute atomic E-state index is 11.8. The third kappa shape index (κ3) is 4.95. The molecule has 3 aromatic rings. The summed E-state index contributed by atoms with van der Waals surface area (Å²) in [5.74, 6) is 1.66. The minimum absolute atomic E-state index is 0.0369. The fraction of sp³-hybridized carbons (Fsp3) is 0.394. The predicted octanol–water partition coefficient (Wildman–Crippen LogP) is 9.74. The van der Waals surface area contributed by atoms with Crippen molar-refractivity contribution in [3.8, 4) is 11.5 Å². The van der Waals surface area contributed by atoms with Crippen LogP contribution in [-0.4, -0.2) is 10.2 Å². The molecule has 0 aromatic heterocycles. The lowest BCUT2D eigenvalue weighted by atomic mass is 9.47. The second kappa shape index (κ2) is 10.5. The van der Waals surface area contributed by atoms with Crippen LogP contribution in [0.25, 0.3) is 0 Å². The molecule has 2 nitrogen and oxygen atoms in total. The van der Waals surface area contributed by atoms with Gasteiger partial charge < -0.3 is 10.2 Å². The summed E-state index contributed by atoms with van der Waals surface area (Å²) in [6.45, 7) is 9.60. The molecule has 0 amide bonds. The molecule has 0 aliphatic heterocycles. The molecule has 2 aliphatic carbocycles. The van der Waals surface area contributed by atoms with Gasteiger partial charge in [-0.1, -0.05) is 92.3 Å². The summed E-state index contributed by atoms with van der Waals surface area (Å²) in [4.78, 5) is 3.53. The van der Waals surface area contributed by atoms with Gasteiger partial charge in [-0.15, -0.1) is 0 Å². The molecule has 5 rings (SSSR count). The standard InChI is InChI=1S/C33H38O2S2/c1-22-12-11-17-28-32(22,3)19-18-23(2)33(28,4)21-24-20-27(34)30(36-25-13-7-5-8-14-25)31(29(24)35)37-26-15-9-6-10-16-26/h5-10,12-16,20,23,28,34-35H,11,17-19,21H2,1-4H3/t23-,28+,32+,33+/m0/s1. The van der Waals surface area contributed by atoms with Crippen molar-refractivity contribution >= 4 is 23.5 Å². The summed E-state index contributed by atoms with van der Waals surface area (Å²) in [5, 5.41) is 23.2. The lowest BCUT2D eigenvalue weighted by Gasteiger charge is -2.58. The van der Waals surface area contributed by atoms with Gasteiger partial charge in [-0.25, -0.2) is 0 Å². The first-order chi connectivity index (χ1) is 17.7. The van der Waals surface area contributed by atoms with Gasteiger partial charge in [0.25, 0.3) is 0 Å². The molecule has 0 heterocycles. The Hall–Kier alpha value is -2.30. The predicted molar refractivity (Wildman–Crippen MR) is 156 cm³/mol. The average molecular weight is 531 g/mol. The van der Waals surface area contributed by atoms with Crippen molar-refractivity contribution in [2.75, 3.05) is 0 Å². The number of hydrogen-bond donors (Lipinski definition) is 2. The number of fused-ring (bicyclic) bond motifs is 1. The summed E-state index contributed by atoms with van der Waals surface area (Å²) in [6, 6.07) is 22.0. The first-order valence-corrected chi connectivity index (χ1v) is 15.1. The van der Waals surface area contributed by atoms with Crippen LogP contribution in [0.3, 0.4) is 0 Å². The van der Waals surface area contributed by atoms with Gasteiger partial charge in [0.2, 0.25) is 0 Å². The minimum atomic E-state index is 0.0369. The highest BCUT2D eigenvalue weighted by Crippen LogP contribution is 2.62. The first kappa shape index (κ1) is 26.3.